The Balaban J connectivity index is 2.21. The van der Waals surface area contributed by atoms with Crippen molar-refractivity contribution in [3.05, 3.63) is 23.6 Å². The number of pyridine rings is 1. The molecule has 1 fully saturated rings. The van der Waals surface area contributed by atoms with Crippen LogP contribution in [0.3, 0.4) is 0 Å². The molecule has 0 spiro atoms. The van der Waals surface area contributed by atoms with E-state index in [1.165, 1.54) is 12.8 Å². The monoisotopic (exact) mass is 237 g/mol. The van der Waals surface area contributed by atoms with E-state index >= 15 is 0 Å². The molecule has 1 aliphatic carbocycles. The molecule has 1 N–H and O–H groups in total. The third kappa shape index (κ3) is 2.57. The van der Waals surface area contributed by atoms with Gasteiger partial charge in [-0.25, -0.2) is 9.37 Å². The van der Waals surface area contributed by atoms with E-state index in [-0.39, 0.29) is 5.82 Å². The number of aromatic nitrogens is 1. The molecule has 1 aromatic heterocycles. The standard InChI is InChI=1S/C13H20FN3/c1-9(10-4-5-10)17(3)13-12(14)11(8-15-2)6-7-16-13/h6-7,9-10,15H,4-5,8H2,1-3H3. The van der Waals surface area contributed by atoms with Crippen LogP contribution in [-0.4, -0.2) is 25.1 Å². The van der Waals surface area contributed by atoms with Gasteiger partial charge in [-0.05, 0) is 38.8 Å². The first-order valence-corrected chi connectivity index (χ1v) is 6.16. The second kappa shape index (κ2) is 5.00. The number of anilines is 1. The molecule has 2 rings (SSSR count). The van der Waals surface area contributed by atoms with Crippen molar-refractivity contribution >= 4 is 5.82 Å². The SMILES string of the molecule is CNCc1ccnc(N(C)C(C)C2CC2)c1F. The van der Waals surface area contributed by atoms with Crippen LogP contribution in [0.4, 0.5) is 10.2 Å². The molecule has 3 nitrogen and oxygen atoms in total. The molecule has 1 atom stereocenters. The van der Waals surface area contributed by atoms with Crippen LogP contribution in [0.25, 0.3) is 0 Å². The van der Waals surface area contributed by atoms with Gasteiger partial charge in [0.1, 0.15) is 0 Å². The lowest BCUT2D eigenvalue weighted by Gasteiger charge is -2.26. The van der Waals surface area contributed by atoms with E-state index in [0.29, 0.717) is 29.9 Å². The van der Waals surface area contributed by atoms with Gasteiger partial charge >= 0.3 is 0 Å². The zero-order valence-corrected chi connectivity index (χ0v) is 10.7. The fourth-order valence-electron chi connectivity index (χ4n) is 2.13. The molecule has 1 aromatic rings. The van der Waals surface area contributed by atoms with E-state index in [9.17, 15) is 4.39 Å². The Morgan fingerprint density at radius 1 is 1.59 bits per heavy atom. The van der Waals surface area contributed by atoms with Crippen molar-refractivity contribution < 1.29 is 4.39 Å². The minimum absolute atomic E-state index is 0.197. The Bertz CT molecular complexity index is 390. The number of hydrogen-bond acceptors (Lipinski definition) is 3. The van der Waals surface area contributed by atoms with Gasteiger partial charge in [-0.1, -0.05) is 0 Å². The average Bonchev–Trinajstić information content (AvgIpc) is 3.14. The Morgan fingerprint density at radius 3 is 2.88 bits per heavy atom. The minimum atomic E-state index is -0.197. The summed E-state index contributed by atoms with van der Waals surface area (Å²) in [5.41, 5.74) is 0.673. The van der Waals surface area contributed by atoms with Gasteiger partial charge in [0.2, 0.25) is 0 Å². The third-order valence-corrected chi connectivity index (χ3v) is 3.57. The topological polar surface area (TPSA) is 28.2 Å². The molecule has 1 unspecified atom stereocenters. The molecule has 1 aliphatic rings. The minimum Gasteiger partial charge on any atom is -0.354 e. The molecule has 0 aliphatic heterocycles. The van der Waals surface area contributed by atoms with Gasteiger partial charge in [0.05, 0.1) is 0 Å². The van der Waals surface area contributed by atoms with Crippen molar-refractivity contribution in [3.8, 4) is 0 Å². The van der Waals surface area contributed by atoms with Gasteiger partial charge in [0, 0.05) is 31.4 Å². The van der Waals surface area contributed by atoms with Crippen LogP contribution in [0.15, 0.2) is 12.3 Å². The molecule has 0 radical (unpaired) electrons. The summed E-state index contributed by atoms with van der Waals surface area (Å²) < 4.78 is 14.2. The van der Waals surface area contributed by atoms with Crippen LogP contribution in [0.2, 0.25) is 0 Å². The number of hydrogen-bond donors (Lipinski definition) is 1. The van der Waals surface area contributed by atoms with Crippen LogP contribution in [-0.2, 0) is 6.54 Å². The fraction of sp³-hybridized carbons (Fsp3) is 0.615. The maximum absolute atomic E-state index is 14.2. The molecule has 0 bridgehead atoms. The predicted molar refractivity (Wildman–Crippen MR) is 67.5 cm³/mol. The summed E-state index contributed by atoms with van der Waals surface area (Å²) in [6, 6.07) is 2.09. The van der Waals surface area contributed by atoms with Gasteiger partial charge < -0.3 is 10.2 Å². The smallest absolute Gasteiger partial charge is 0.170 e. The Hall–Kier alpha value is -1.16. The van der Waals surface area contributed by atoms with Gasteiger partial charge in [0.25, 0.3) is 0 Å². The van der Waals surface area contributed by atoms with Crippen LogP contribution in [0, 0.1) is 11.7 Å². The molecular weight excluding hydrogens is 217 g/mol. The fourth-order valence-corrected chi connectivity index (χ4v) is 2.13. The maximum atomic E-state index is 14.2. The van der Waals surface area contributed by atoms with Crippen LogP contribution in [0.5, 0.6) is 0 Å². The molecule has 4 heteroatoms. The molecule has 17 heavy (non-hydrogen) atoms. The lowest BCUT2D eigenvalue weighted by molar-refractivity contribution is 0.556. The summed E-state index contributed by atoms with van der Waals surface area (Å²) in [4.78, 5) is 6.14. The van der Waals surface area contributed by atoms with E-state index < -0.39 is 0 Å². The lowest BCUT2D eigenvalue weighted by atomic mass is 10.1. The van der Waals surface area contributed by atoms with Crippen molar-refractivity contribution in [3.63, 3.8) is 0 Å². The Labute approximate surface area is 102 Å². The summed E-state index contributed by atoms with van der Waals surface area (Å²) in [5.74, 6) is 0.975. The summed E-state index contributed by atoms with van der Waals surface area (Å²) in [6.07, 6.45) is 4.19. The second-order valence-electron chi connectivity index (χ2n) is 4.83. The largest absolute Gasteiger partial charge is 0.354 e. The first-order valence-electron chi connectivity index (χ1n) is 6.16. The number of nitrogens with zero attached hydrogens (tertiary/aromatic N) is 2. The van der Waals surface area contributed by atoms with Crippen LogP contribution < -0.4 is 10.2 Å². The average molecular weight is 237 g/mol. The number of nitrogens with one attached hydrogen (secondary N) is 1. The normalized spacial score (nSPS) is 16.9. The van der Waals surface area contributed by atoms with E-state index in [2.05, 4.69) is 17.2 Å². The third-order valence-electron chi connectivity index (χ3n) is 3.57. The quantitative estimate of drug-likeness (QED) is 0.850. The first-order chi connectivity index (χ1) is 8.15. The summed E-state index contributed by atoms with van der Waals surface area (Å²) >= 11 is 0. The van der Waals surface area contributed by atoms with E-state index in [1.54, 1.807) is 12.3 Å². The highest BCUT2D eigenvalue weighted by molar-refractivity contribution is 5.43. The van der Waals surface area contributed by atoms with E-state index in [1.807, 2.05) is 19.0 Å². The van der Waals surface area contributed by atoms with E-state index in [4.69, 9.17) is 0 Å². The summed E-state index contributed by atoms with van der Waals surface area (Å²) in [6.45, 7) is 2.68. The lowest BCUT2D eigenvalue weighted by Crippen LogP contribution is -2.32. The first kappa shape index (κ1) is 12.3. The molecule has 0 amide bonds. The molecule has 1 saturated carbocycles. The number of rotatable bonds is 5. The van der Waals surface area contributed by atoms with Crippen molar-refractivity contribution in [2.24, 2.45) is 5.92 Å². The summed E-state index contributed by atoms with van der Waals surface area (Å²) in [5, 5.41) is 2.97. The highest BCUT2D eigenvalue weighted by Crippen LogP contribution is 2.36. The second-order valence-corrected chi connectivity index (χ2v) is 4.83. The highest BCUT2D eigenvalue weighted by Gasteiger charge is 2.32. The van der Waals surface area contributed by atoms with E-state index in [0.717, 1.165) is 0 Å². The van der Waals surface area contributed by atoms with Gasteiger partial charge in [-0.3, -0.25) is 0 Å². The summed E-state index contributed by atoms with van der Waals surface area (Å²) in [7, 11) is 3.74. The predicted octanol–water partition coefficient (Wildman–Crippen LogP) is 2.17. The number of halogens is 1. The zero-order chi connectivity index (χ0) is 12.4. The van der Waals surface area contributed by atoms with Gasteiger partial charge in [-0.15, -0.1) is 0 Å². The molecular formula is C13H20FN3. The van der Waals surface area contributed by atoms with Crippen molar-refractivity contribution in [2.45, 2.75) is 32.4 Å². The Morgan fingerprint density at radius 2 is 2.29 bits per heavy atom. The zero-order valence-electron chi connectivity index (χ0n) is 10.7. The van der Waals surface area contributed by atoms with Crippen LogP contribution >= 0.6 is 0 Å². The maximum Gasteiger partial charge on any atom is 0.170 e. The van der Waals surface area contributed by atoms with Crippen molar-refractivity contribution in [2.75, 3.05) is 19.0 Å². The van der Waals surface area contributed by atoms with Crippen molar-refractivity contribution in [1.82, 2.24) is 10.3 Å². The molecule has 1 heterocycles. The van der Waals surface area contributed by atoms with Gasteiger partial charge in [-0.2, -0.15) is 0 Å². The molecule has 94 valence electrons. The van der Waals surface area contributed by atoms with Gasteiger partial charge in [0.15, 0.2) is 11.6 Å². The van der Waals surface area contributed by atoms with Crippen LogP contribution in [0.1, 0.15) is 25.3 Å². The highest BCUT2D eigenvalue weighted by atomic mass is 19.1. The van der Waals surface area contributed by atoms with Crippen molar-refractivity contribution in [1.29, 1.82) is 0 Å². The molecule has 0 saturated heterocycles. The molecule has 0 aromatic carbocycles. The Kier molecular flexibility index (Phi) is 3.62.